The fraction of sp³-hybridized carbons (Fsp3) is 0.167. The first kappa shape index (κ1) is 24.1. The van der Waals surface area contributed by atoms with E-state index in [2.05, 4.69) is 24.3 Å². The van der Waals surface area contributed by atoms with Gasteiger partial charge < -0.3 is 4.74 Å². The topological polar surface area (TPSA) is 26.3 Å². The van der Waals surface area contributed by atoms with Gasteiger partial charge in [0.05, 0.1) is 5.56 Å². The molecular formula is C30H22F3O2S2+. The molecule has 0 radical (unpaired) electrons. The van der Waals surface area contributed by atoms with Crippen molar-refractivity contribution in [1.29, 1.82) is 0 Å². The number of halogens is 3. The lowest BCUT2D eigenvalue weighted by Gasteiger charge is -2.26. The largest absolute Gasteiger partial charge is 0.451 e. The van der Waals surface area contributed by atoms with Gasteiger partial charge in [-0.25, -0.2) is 4.79 Å². The second-order valence-corrected chi connectivity index (χ2v) is 12.3. The van der Waals surface area contributed by atoms with Crippen LogP contribution in [0.5, 0.6) is 0 Å². The van der Waals surface area contributed by atoms with Crippen molar-refractivity contribution in [3.05, 3.63) is 108 Å². The molecule has 1 aliphatic carbocycles. The molecular weight excluding hydrogens is 513 g/mol. The molecule has 186 valence electrons. The van der Waals surface area contributed by atoms with Crippen LogP contribution in [0.1, 0.15) is 34.8 Å². The van der Waals surface area contributed by atoms with Gasteiger partial charge in [0.1, 0.15) is 5.60 Å². The summed E-state index contributed by atoms with van der Waals surface area (Å²) in [4.78, 5) is 14.8. The van der Waals surface area contributed by atoms with Gasteiger partial charge in [-0.05, 0) is 91.2 Å². The lowest BCUT2D eigenvalue weighted by molar-refractivity contribution is -0.0329. The zero-order valence-electron chi connectivity index (χ0n) is 19.8. The van der Waals surface area contributed by atoms with Crippen LogP contribution in [0.3, 0.4) is 0 Å². The molecule has 2 atom stereocenters. The highest BCUT2D eigenvalue weighted by molar-refractivity contribution is 8.00. The lowest BCUT2D eigenvalue weighted by Crippen LogP contribution is -2.26. The number of alkyl halides is 3. The monoisotopic (exact) mass is 535 g/mol. The molecule has 0 bridgehead atoms. The standard InChI is InChI=1S/C30H22F3O2S2/c1-29(17-16-22-24(29)11-7-12-25(22)36-30(31,32)33)35-28(34)19-14-15-27-23(18-19)21-10-5-6-13-26(21)37(27)20-8-3-2-4-9-20/h2-15,18H,16-17H2,1H3/q+1. The molecule has 6 rings (SSSR count). The summed E-state index contributed by atoms with van der Waals surface area (Å²) in [5, 5.41) is 2.11. The number of esters is 1. The van der Waals surface area contributed by atoms with E-state index in [1.807, 2.05) is 42.5 Å². The van der Waals surface area contributed by atoms with E-state index in [1.54, 1.807) is 25.1 Å². The Morgan fingerprint density at radius 3 is 2.41 bits per heavy atom. The average molecular weight is 536 g/mol. The Balaban J connectivity index is 1.37. The summed E-state index contributed by atoms with van der Waals surface area (Å²) in [5.41, 5.74) is -3.67. The Bertz CT molecular complexity index is 1660. The summed E-state index contributed by atoms with van der Waals surface area (Å²) in [6, 6.07) is 29.1. The first-order valence-electron chi connectivity index (χ1n) is 11.9. The van der Waals surface area contributed by atoms with Crippen LogP contribution in [-0.2, 0) is 16.8 Å². The van der Waals surface area contributed by atoms with E-state index in [0.717, 1.165) is 15.5 Å². The van der Waals surface area contributed by atoms with Gasteiger partial charge in [0, 0.05) is 26.1 Å². The quantitative estimate of drug-likeness (QED) is 0.130. The second kappa shape index (κ2) is 8.92. The smallest absolute Gasteiger partial charge is 0.446 e. The van der Waals surface area contributed by atoms with Crippen LogP contribution in [0.2, 0.25) is 0 Å². The molecule has 0 spiro atoms. The predicted octanol–water partition coefficient (Wildman–Crippen LogP) is 9.36. The number of thiophene rings is 1. The molecule has 4 aromatic carbocycles. The van der Waals surface area contributed by atoms with Gasteiger partial charge in [-0.2, -0.15) is 13.2 Å². The Morgan fingerprint density at radius 1 is 0.892 bits per heavy atom. The fourth-order valence-electron chi connectivity index (χ4n) is 5.25. The summed E-state index contributed by atoms with van der Waals surface area (Å²) in [6.45, 7) is 1.79. The van der Waals surface area contributed by atoms with E-state index in [4.69, 9.17) is 4.74 Å². The predicted molar refractivity (Wildman–Crippen MR) is 145 cm³/mol. The normalized spacial score (nSPS) is 17.8. The number of hydrogen-bond acceptors (Lipinski definition) is 3. The first-order valence-corrected chi connectivity index (χ1v) is 13.9. The highest BCUT2D eigenvalue weighted by Crippen LogP contribution is 2.49. The van der Waals surface area contributed by atoms with Gasteiger partial charge in [0.15, 0.2) is 14.3 Å². The molecule has 1 aliphatic rings. The number of benzene rings is 4. The Labute approximate surface area is 219 Å². The van der Waals surface area contributed by atoms with Crippen molar-refractivity contribution in [3.8, 4) is 4.90 Å². The van der Waals surface area contributed by atoms with Gasteiger partial charge in [0.2, 0.25) is 0 Å². The minimum atomic E-state index is -4.37. The minimum absolute atomic E-state index is 0.112. The van der Waals surface area contributed by atoms with Crippen LogP contribution in [0.15, 0.2) is 95.9 Å². The molecule has 37 heavy (non-hydrogen) atoms. The first-order chi connectivity index (χ1) is 17.7. The zero-order valence-corrected chi connectivity index (χ0v) is 21.5. The Morgan fingerprint density at radius 2 is 1.62 bits per heavy atom. The SMILES string of the molecule is CC1(OC(=O)c2ccc3c(c2)c2ccccc2[s+]3-c2ccccc2)CCc2c(SC(F)(F)F)cccc21. The third-order valence-electron chi connectivity index (χ3n) is 6.91. The van der Waals surface area contributed by atoms with Crippen LogP contribution in [0, 0.1) is 0 Å². The summed E-state index contributed by atoms with van der Waals surface area (Å²) >= 11 is -0.112. The van der Waals surface area contributed by atoms with Crippen molar-refractivity contribution in [1.82, 2.24) is 0 Å². The van der Waals surface area contributed by atoms with Crippen molar-refractivity contribution in [3.63, 3.8) is 0 Å². The Hall–Kier alpha value is -3.29. The molecule has 0 N–H and O–H groups in total. The zero-order chi connectivity index (χ0) is 25.8. The van der Waals surface area contributed by atoms with Crippen LogP contribution >= 0.6 is 22.2 Å². The molecule has 0 saturated carbocycles. The van der Waals surface area contributed by atoms with E-state index in [-0.39, 0.29) is 27.1 Å². The summed E-state index contributed by atoms with van der Waals surface area (Å²) in [5.74, 6) is -0.476. The molecule has 0 aliphatic heterocycles. The van der Waals surface area contributed by atoms with Gasteiger partial charge in [-0.1, -0.05) is 42.5 Å². The maximum Gasteiger partial charge on any atom is 0.446 e. The van der Waals surface area contributed by atoms with Gasteiger partial charge in [-0.15, -0.1) is 0 Å². The molecule has 1 heterocycles. The second-order valence-electron chi connectivity index (χ2n) is 9.28. The number of ether oxygens (including phenoxy) is 1. The van der Waals surface area contributed by atoms with E-state index < -0.39 is 17.1 Å². The number of thioether (sulfide) groups is 1. The minimum Gasteiger partial charge on any atom is -0.451 e. The van der Waals surface area contributed by atoms with Crippen LogP contribution < -0.4 is 0 Å². The van der Waals surface area contributed by atoms with Gasteiger partial charge in [0.25, 0.3) is 0 Å². The highest BCUT2D eigenvalue weighted by Gasteiger charge is 2.41. The molecule has 2 nitrogen and oxygen atoms in total. The van der Waals surface area contributed by atoms with Crippen molar-refractivity contribution < 1.29 is 22.7 Å². The van der Waals surface area contributed by atoms with E-state index in [9.17, 15) is 18.0 Å². The number of carbonyl (C=O) groups is 1. The molecule has 1 aromatic heterocycles. The van der Waals surface area contributed by atoms with E-state index in [0.29, 0.717) is 29.5 Å². The van der Waals surface area contributed by atoms with Gasteiger partial charge in [-0.3, -0.25) is 0 Å². The van der Waals surface area contributed by atoms with Crippen molar-refractivity contribution in [2.24, 2.45) is 0 Å². The summed E-state index contributed by atoms with van der Waals surface area (Å²) < 4.78 is 47.6. The molecule has 5 aromatic rings. The maximum atomic E-state index is 13.4. The summed E-state index contributed by atoms with van der Waals surface area (Å²) in [6.07, 6.45) is 0.866. The maximum absolute atomic E-state index is 13.4. The van der Waals surface area contributed by atoms with E-state index in [1.165, 1.54) is 15.7 Å². The number of hydrogen-bond donors (Lipinski definition) is 0. The molecule has 7 heteroatoms. The van der Waals surface area contributed by atoms with Crippen LogP contribution in [0.25, 0.3) is 25.1 Å². The molecule has 0 fully saturated rings. The molecule has 0 saturated heterocycles. The third kappa shape index (κ3) is 4.30. The number of fused-ring (bicyclic) bond motifs is 4. The number of carbonyl (C=O) groups excluding carboxylic acids is 1. The van der Waals surface area contributed by atoms with Crippen LogP contribution in [0.4, 0.5) is 13.2 Å². The fourth-order valence-corrected chi connectivity index (χ4v) is 8.36. The van der Waals surface area contributed by atoms with Crippen LogP contribution in [-0.4, -0.2) is 11.5 Å². The lowest BCUT2D eigenvalue weighted by atomic mass is 9.98. The van der Waals surface area contributed by atoms with Crippen molar-refractivity contribution in [2.75, 3.05) is 0 Å². The average Bonchev–Trinajstić information content (AvgIpc) is 3.39. The third-order valence-corrected chi connectivity index (χ3v) is 10.1. The van der Waals surface area contributed by atoms with Gasteiger partial charge >= 0.3 is 11.5 Å². The molecule has 0 amide bonds. The van der Waals surface area contributed by atoms with Crippen molar-refractivity contribution in [2.45, 2.75) is 35.8 Å². The highest BCUT2D eigenvalue weighted by atomic mass is 32.2. The molecule has 2 unspecified atom stereocenters. The summed E-state index contributed by atoms with van der Waals surface area (Å²) in [7, 11) is -0.262. The van der Waals surface area contributed by atoms with Crippen molar-refractivity contribution >= 4 is 48.4 Å². The van der Waals surface area contributed by atoms with E-state index >= 15 is 0 Å². The Kier molecular flexibility index (Phi) is 5.81. The number of rotatable bonds is 4.